The van der Waals surface area contributed by atoms with Crippen molar-refractivity contribution in [3.63, 3.8) is 0 Å². The molecule has 2 heterocycles. The number of hydrogen-bond donors (Lipinski definition) is 3. The van der Waals surface area contributed by atoms with Gasteiger partial charge in [0.15, 0.2) is 11.5 Å². The monoisotopic (exact) mass is 408 g/mol. The van der Waals surface area contributed by atoms with Gasteiger partial charge in [-0.2, -0.15) is 0 Å². The number of carboxylic acids is 1. The van der Waals surface area contributed by atoms with Gasteiger partial charge >= 0.3 is 5.97 Å². The number of aromatic carboxylic acids is 1. The number of amides is 1. The van der Waals surface area contributed by atoms with E-state index in [0.29, 0.717) is 11.3 Å². The van der Waals surface area contributed by atoms with Gasteiger partial charge in [0.2, 0.25) is 11.7 Å². The van der Waals surface area contributed by atoms with Crippen LogP contribution in [0, 0.1) is 0 Å². The lowest BCUT2D eigenvalue weighted by atomic mass is 9.87. The Bertz CT molecular complexity index is 1110. The number of rotatable bonds is 5. The Hall–Kier alpha value is -3.94. The minimum absolute atomic E-state index is 0.00427. The average molecular weight is 408 g/mol. The molecule has 0 fully saturated rings. The standard InChI is InChI=1S/C22H20N2O6/c1-29-16-8-12(9-17(30-2)21(16)26)14-10-18(25)23-19-15(22(27)28)11-24(20(14)19)13-6-4-3-5-7-13/h3-9,11,14,26H,10H2,1-2H3,(H,23,25)(H,27,28)/t14-/m1/s1. The molecule has 1 atom stereocenters. The van der Waals surface area contributed by atoms with Gasteiger partial charge in [0.25, 0.3) is 0 Å². The second kappa shape index (κ2) is 7.47. The van der Waals surface area contributed by atoms with Crippen LogP contribution < -0.4 is 14.8 Å². The van der Waals surface area contributed by atoms with Crippen LogP contribution in [-0.2, 0) is 4.79 Å². The lowest BCUT2D eigenvalue weighted by Gasteiger charge is -2.27. The molecule has 0 aliphatic carbocycles. The predicted molar refractivity (Wildman–Crippen MR) is 109 cm³/mol. The minimum atomic E-state index is -1.14. The lowest BCUT2D eigenvalue weighted by Crippen LogP contribution is -2.25. The first-order valence-corrected chi connectivity index (χ1v) is 9.23. The summed E-state index contributed by atoms with van der Waals surface area (Å²) in [5, 5.41) is 22.7. The zero-order chi connectivity index (χ0) is 21.4. The number of nitrogens with zero attached hydrogens (tertiary/aromatic N) is 1. The summed E-state index contributed by atoms with van der Waals surface area (Å²) >= 11 is 0. The molecule has 8 nitrogen and oxygen atoms in total. The quantitative estimate of drug-likeness (QED) is 0.597. The molecule has 0 radical (unpaired) electrons. The second-order valence-electron chi connectivity index (χ2n) is 6.89. The van der Waals surface area contributed by atoms with E-state index >= 15 is 0 Å². The number of anilines is 1. The molecular formula is C22H20N2O6. The summed E-state index contributed by atoms with van der Waals surface area (Å²) in [6.45, 7) is 0. The predicted octanol–water partition coefficient (Wildman–Crippen LogP) is 3.37. The smallest absolute Gasteiger partial charge is 0.339 e. The van der Waals surface area contributed by atoms with E-state index in [2.05, 4.69) is 5.32 Å². The van der Waals surface area contributed by atoms with E-state index in [1.807, 2.05) is 30.3 Å². The van der Waals surface area contributed by atoms with Gasteiger partial charge in [0, 0.05) is 24.2 Å². The Morgan fingerprint density at radius 1 is 1.13 bits per heavy atom. The average Bonchev–Trinajstić information content (AvgIpc) is 3.13. The molecule has 8 heteroatoms. The van der Waals surface area contributed by atoms with Gasteiger partial charge < -0.3 is 29.6 Å². The van der Waals surface area contributed by atoms with Crippen LogP contribution in [0.15, 0.2) is 48.7 Å². The number of aromatic nitrogens is 1. The Balaban J connectivity index is 1.98. The fourth-order valence-corrected chi connectivity index (χ4v) is 3.82. The van der Waals surface area contributed by atoms with Crippen molar-refractivity contribution in [1.29, 1.82) is 0 Å². The molecule has 0 saturated heterocycles. The van der Waals surface area contributed by atoms with Crippen molar-refractivity contribution in [2.75, 3.05) is 19.5 Å². The van der Waals surface area contributed by atoms with Gasteiger partial charge in [-0.05, 0) is 29.8 Å². The van der Waals surface area contributed by atoms with Crippen LogP contribution in [-0.4, -0.2) is 40.9 Å². The van der Waals surface area contributed by atoms with E-state index in [1.165, 1.54) is 20.4 Å². The Morgan fingerprint density at radius 2 is 1.77 bits per heavy atom. The highest BCUT2D eigenvalue weighted by Crippen LogP contribution is 2.46. The van der Waals surface area contributed by atoms with Crippen molar-refractivity contribution in [3.05, 3.63) is 65.5 Å². The number of methoxy groups -OCH3 is 2. The highest BCUT2D eigenvalue weighted by Gasteiger charge is 2.35. The molecule has 3 N–H and O–H groups in total. The largest absolute Gasteiger partial charge is 0.502 e. The number of hydrogen-bond acceptors (Lipinski definition) is 5. The Kier molecular flexibility index (Phi) is 4.83. The summed E-state index contributed by atoms with van der Waals surface area (Å²) in [5.74, 6) is -1.66. The van der Waals surface area contributed by atoms with Gasteiger partial charge in [-0.25, -0.2) is 4.79 Å². The van der Waals surface area contributed by atoms with Crippen LogP contribution in [0.4, 0.5) is 5.69 Å². The van der Waals surface area contributed by atoms with Gasteiger partial charge in [-0.1, -0.05) is 18.2 Å². The Labute approximate surface area is 172 Å². The minimum Gasteiger partial charge on any atom is -0.502 e. The number of fused-ring (bicyclic) bond motifs is 1. The maximum absolute atomic E-state index is 12.5. The Morgan fingerprint density at radius 3 is 2.33 bits per heavy atom. The maximum Gasteiger partial charge on any atom is 0.339 e. The molecule has 0 spiro atoms. The number of carboxylic acid groups (broad SMARTS) is 1. The molecule has 1 aromatic heterocycles. The molecule has 1 aliphatic heterocycles. The van der Waals surface area contributed by atoms with E-state index in [-0.39, 0.29) is 40.8 Å². The first kappa shape index (κ1) is 19.4. The van der Waals surface area contributed by atoms with Gasteiger partial charge in [0.1, 0.15) is 5.56 Å². The third-order valence-corrected chi connectivity index (χ3v) is 5.20. The van der Waals surface area contributed by atoms with Crippen LogP contribution in [0.3, 0.4) is 0 Å². The zero-order valence-corrected chi connectivity index (χ0v) is 16.4. The molecule has 3 aromatic rings. The number of phenolic OH excluding ortho intramolecular Hbond substituents is 1. The summed E-state index contributed by atoms with van der Waals surface area (Å²) in [5.41, 5.74) is 2.32. The van der Waals surface area contributed by atoms with Gasteiger partial charge in [-0.15, -0.1) is 0 Å². The van der Waals surface area contributed by atoms with E-state index in [9.17, 15) is 19.8 Å². The summed E-state index contributed by atoms with van der Waals surface area (Å²) in [6.07, 6.45) is 1.61. The summed E-state index contributed by atoms with van der Waals surface area (Å²) in [4.78, 5) is 24.4. The highest BCUT2D eigenvalue weighted by atomic mass is 16.5. The summed E-state index contributed by atoms with van der Waals surface area (Å²) in [6, 6.07) is 12.6. The van der Waals surface area contributed by atoms with E-state index in [0.717, 1.165) is 5.69 Å². The number of phenols is 1. The van der Waals surface area contributed by atoms with Gasteiger partial charge in [0.05, 0.1) is 25.6 Å². The van der Waals surface area contributed by atoms with Crippen molar-refractivity contribution in [1.82, 2.24) is 4.57 Å². The first-order valence-electron chi connectivity index (χ1n) is 9.23. The highest BCUT2D eigenvalue weighted by molar-refractivity contribution is 6.04. The molecule has 154 valence electrons. The molecule has 4 rings (SSSR count). The molecule has 0 unspecified atom stereocenters. The zero-order valence-electron chi connectivity index (χ0n) is 16.4. The van der Waals surface area contributed by atoms with Crippen LogP contribution in [0.25, 0.3) is 5.69 Å². The normalized spacial score (nSPS) is 15.3. The van der Waals surface area contributed by atoms with Crippen LogP contribution in [0.1, 0.15) is 34.0 Å². The fourth-order valence-electron chi connectivity index (χ4n) is 3.82. The van der Waals surface area contributed by atoms with E-state index in [1.54, 1.807) is 16.7 Å². The molecule has 30 heavy (non-hydrogen) atoms. The molecule has 0 bridgehead atoms. The molecule has 0 saturated carbocycles. The SMILES string of the molecule is COc1cc([C@H]2CC(=O)Nc3c(C(=O)O)cn(-c4ccccc4)c32)cc(OC)c1O. The third-order valence-electron chi connectivity index (χ3n) is 5.20. The van der Waals surface area contributed by atoms with Crippen molar-refractivity contribution in [2.45, 2.75) is 12.3 Å². The van der Waals surface area contributed by atoms with Crippen molar-refractivity contribution < 1.29 is 29.3 Å². The number of carbonyl (C=O) groups excluding carboxylic acids is 1. The maximum atomic E-state index is 12.5. The van der Waals surface area contributed by atoms with Crippen LogP contribution in [0.2, 0.25) is 0 Å². The van der Waals surface area contributed by atoms with Crippen molar-refractivity contribution in [2.24, 2.45) is 0 Å². The number of ether oxygens (including phenoxy) is 2. The molecule has 2 aromatic carbocycles. The number of nitrogens with one attached hydrogen (secondary N) is 1. The van der Waals surface area contributed by atoms with Crippen LogP contribution >= 0.6 is 0 Å². The third kappa shape index (κ3) is 3.12. The lowest BCUT2D eigenvalue weighted by molar-refractivity contribution is -0.116. The first-order chi connectivity index (χ1) is 14.4. The molecular weight excluding hydrogens is 388 g/mol. The molecule has 1 amide bonds. The van der Waals surface area contributed by atoms with Crippen molar-refractivity contribution in [3.8, 4) is 22.9 Å². The van der Waals surface area contributed by atoms with Crippen molar-refractivity contribution >= 4 is 17.6 Å². The molecule has 1 aliphatic rings. The van der Waals surface area contributed by atoms with E-state index < -0.39 is 11.9 Å². The number of para-hydroxylation sites is 1. The number of carbonyl (C=O) groups is 2. The fraction of sp³-hybridized carbons (Fsp3) is 0.182. The number of benzene rings is 2. The summed E-state index contributed by atoms with van der Waals surface area (Å²) in [7, 11) is 2.85. The second-order valence-corrected chi connectivity index (χ2v) is 6.89. The van der Waals surface area contributed by atoms with Crippen LogP contribution in [0.5, 0.6) is 17.2 Å². The summed E-state index contributed by atoms with van der Waals surface area (Å²) < 4.78 is 12.3. The van der Waals surface area contributed by atoms with Gasteiger partial charge in [-0.3, -0.25) is 4.79 Å². The number of aromatic hydroxyl groups is 1. The topological polar surface area (TPSA) is 110 Å². The van der Waals surface area contributed by atoms with E-state index in [4.69, 9.17) is 9.47 Å².